The van der Waals surface area contributed by atoms with E-state index >= 15 is 0 Å². The Bertz CT molecular complexity index is 1100. The number of nitrogens with one attached hydrogen (secondary N) is 2. The first kappa shape index (κ1) is 17.9. The Labute approximate surface area is 162 Å². The van der Waals surface area contributed by atoms with Gasteiger partial charge in [-0.3, -0.25) is 9.59 Å². The van der Waals surface area contributed by atoms with E-state index in [2.05, 4.69) is 15.8 Å². The molecule has 3 heterocycles. The number of hydrogen-bond acceptors (Lipinski definition) is 4. The number of imidazole rings is 1. The van der Waals surface area contributed by atoms with E-state index in [0.29, 0.717) is 18.7 Å². The number of aromatic nitrogens is 2. The maximum atomic E-state index is 12.5. The summed E-state index contributed by atoms with van der Waals surface area (Å²) < 4.78 is 2.01. The molecule has 0 saturated heterocycles. The fraction of sp³-hybridized carbons (Fsp3) is 0.238. The largest absolute Gasteiger partial charge is 0.345 e. The lowest BCUT2D eigenvalue weighted by Gasteiger charge is -2.12. The smallest absolute Gasteiger partial charge is 0.267 e. The Morgan fingerprint density at radius 2 is 1.86 bits per heavy atom. The van der Waals surface area contributed by atoms with Crippen LogP contribution in [0.4, 0.5) is 0 Å². The lowest BCUT2D eigenvalue weighted by atomic mass is 10.1. The highest BCUT2D eigenvalue weighted by Crippen LogP contribution is 2.25. The summed E-state index contributed by atoms with van der Waals surface area (Å²) >= 11 is 0. The van der Waals surface area contributed by atoms with E-state index in [9.17, 15) is 9.59 Å². The molecular weight excluding hydrogens is 354 g/mol. The first-order valence-corrected chi connectivity index (χ1v) is 9.19. The number of hydrogen-bond donors (Lipinski definition) is 2. The minimum atomic E-state index is -0.280. The third-order valence-electron chi connectivity index (χ3n) is 4.77. The standard InChI is InChI=1S/C21H21N5O2/c1-13-3-6-15(7-4-13)20-17(26-12-14(2)5-9-18(26)23-20)11-22-21(28)16-8-10-19(27)25-24-16/h3-7,9,12H,8,10-11H2,1-2H3,(H,22,28)(H,25,27). The fourth-order valence-corrected chi connectivity index (χ4v) is 3.21. The zero-order valence-corrected chi connectivity index (χ0v) is 15.8. The Balaban J connectivity index is 1.67. The van der Waals surface area contributed by atoms with Gasteiger partial charge in [0.2, 0.25) is 5.91 Å². The molecule has 4 rings (SSSR count). The molecule has 2 aromatic heterocycles. The zero-order valence-electron chi connectivity index (χ0n) is 15.8. The molecule has 0 saturated carbocycles. The first-order valence-electron chi connectivity index (χ1n) is 9.19. The van der Waals surface area contributed by atoms with Crippen LogP contribution in [0.25, 0.3) is 16.9 Å². The van der Waals surface area contributed by atoms with E-state index in [1.165, 1.54) is 5.56 Å². The van der Waals surface area contributed by atoms with Crippen molar-refractivity contribution in [2.75, 3.05) is 0 Å². The third-order valence-corrected chi connectivity index (χ3v) is 4.77. The normalized spacial score (nSPS) is 13.9. The molecular formula is C21H21N5O2. The van der Waals surface area contributed by atoms with Crippen molar-refractivity contribution < 1.29 is 9.59 Å². The van der Waals surface area contributed by atoms with Gasteiger partial charge in [0.05, 0.1) is 17.9 Å². The molecule has 28 heavy (non-hydrogen) atoms. The van der Waals surface area contributed by atoms with E-state index in [4.69, 9.17) is 4.98 Å². The van der Waals surface area contributed by atoms with Gasteiger partial charge in [0, 0.05) is 24.6 Å². The van der Waals surface area contributed by atoms with Gasteiger partial charge in [0.1, 0.15) is 11.4 Å². The van der Waals surface area contributed by atoms with E-state index in [-0.39, 0.29) is 18.2 Å². The van der Waals surface area contributed by atoms with Crippen LogP contribution in [0.1, 0.15) is 29.7 Å². The minimum Gasteiger partial charge on any atom is -0.345 e. The predicted octanol–water partition coefficient (Wildman–Crippen LogP) is 2.50. The molecule has 0 fully saturated rings. The van der Waals surface area contributed by atoms with Gasteiger partial charge in [-0.2, -0.15) is 5.10 Å². The Hall–Kier alpha value is -3.48. The molecule has 0 bridgehead atoms. The number of fused-ring (bicyclic) bond motifs is 1. The van der Waals surface area contributed by atoms with Gasteiger partial charge in [0.15, 0.2) is 0 Å². The van der Waals surface area contributed by atoms with Crippen LogP contribution in [0.2, 0.25) is 0 Å². The van der Waals surface area contributed by atoms with Crippen molar-refractivity contribution in [1.29, 1.82) is 0 Å². The number of amides is 2. The van der Waals surface area contributed by atoms with E-state index < -0.39 is 0 Å². The summed E-state index contributed by atoms with van der Waals surface area (Å²) in [5.74, 6) is -0.451. The van der Waals surface area contributed by atoms with Crippen LogP contribution >= 0.6 is 0 Å². The number of benzene rings is 1. The minimum absolute atomic E-state index is 0.171. The number of carbonyl (C=O) groups is 2. The summed E-state index contributed by atoms with van der Waals surface area (Å²) in [5, 5.41) is 6.78. The van der Waals surface area contributed by atoms with Crippen LogP contribution in [0.3, 0.4) is 0 Å². The second-order valence-electron chi connectivity index (χ2n) is 6.98. The average molecular weight is 375 g/mol. The molecule has 0 unspecified atom stereocenters. The van der Waals surface area contributed by atoms with Crippen molar-refractivity contribution in [2.45, 2.75) is 33.2 Å². The van der Waals surface area contributed by atoms with Crippen molar-refractivity contribution in [3.63, 3.8) is 0 Å². The lowest BCUT2D eigenvalue weighted by Crippen LogP contribution is -2.36. The molecule has 1 aliphatic rings. The number of hydrazone groups is 1. The van der Waals surface area contributed by atoms with Crippen LogP contribution in [0, 0.1) is 13.8 Å². The van der Waals surface area contributed by atoms with Crippen molar-refractivity contribution in [1.82, 2.24) is 20.1 Å². The number of rotatable bonds is 4. The van der Waals surface area contributed by atoms with Crippen LogP contribution in [0.5, 0.6) is 0 Å². The number of carbonyl (C=O) groups excluding carboxylic acids is 2. The fourth-order valence-electron chi connectivity index (χ4n) is 3.21. The van der Waals surface area contributed by atoms with Gasteiger partial charge in [-0.15, -0.1) is 0 Å². The van der Waals surface area contributed by atoms with Gasteiger partial charge in [-0.1, -0.05) is 35.9 Å². The summed E-state index contributed by atoms with van der Waals surface area (Å²) in [4.78, 5) is 28.5. The second-order valence-corrected chi connectivity index (χ2v) is 6.98. The highest BCUT2D eigenvalue weighted by molar-refractivity contribution is 6.39. The number of pyridine rings is 1. The van der Waals surface area contributed by atoms with Crippen molar-refractivity contribution >= 4 is 23.2 Å². The first-order chi connectivity index (χ1) is 13.5. The van der Waals surface area contributed by atoms with Gasteiger partial charge in [-0.05, 0) is 25.5 Å². The Morgan fingerprint density at radius 1 is 1.11 bits per heavy atom. The zero-order chi connectivity index (χ0) is 19.7. The average Bonchev–Trinajstić information content (AvgIpc) is 3.05. The molecule has 0 spiro atoms. The lowest BCUT2D eigenvalue weighted by molar-refractivity contribution is -0.121. The molecule has 2 N–H and O–H groups in total. The molecule has 7 nitrogen and oxygen atoms in total. The highest BCUT2D eigenvalue weighted by atomic mass is 16.2. The number of aryl methyl sites for hydroxylation is 2. The second kappa shape index (κ2) is 7.26. The summed E-state index contributed by atoms with van der Waals surface area (Å²) in [6, 6.07) is 12.2. The van der Waals surface area contributed by atoms with E-state index in [1.54, 1.807) is 0 Å². The SMILES string of the molecule is Cc1ccc(-c2nc3ccc(C)cn3c2CNC(=O)C2=NNC(=O)CC2)cc1. The van der Waals surface area contributed by atoms with Gasteiger partial charge >= 0.3 is 0 Å². The summed E-state index contributed by atoms with van der Waals surface area (Å²) in [6.07, 6.45) is 2.63. The summed E-state index contributed by atoms with van der Waals surface area (Å²) in [5.41, 5.74) is 8.53. The molecule has 142 valence electrons. The monoisotopic (exact) mass is 375 g/mol. The maximum Gasteiger partial charge on any atom is 0.267 e. The quantitative estimate of drug-likeness (QED) is 0.734. The molecule has 3 aromatic rings. The molecule has 0 atom stereocenters. The molecule has 1 aromatic carbocycles. The van der Waals surface area contributed by atoms with Crippen LogP contribution in [-0.2, 0) is 16.1 Å². The van der Waals surface area contributed by atoms with Gasteiger partial charge in [0.25, 0.3) is 5.91 Å². The van der Waals surface area contributed by atoms with Crippen molar-refractivity contribution in [3.05, 3.63) is 59.4 Å². The summed E-state index contributed by atoms with van der Waals surface area (Å²) in [6.45, 7) is 4.37. The molecule has 0 aliphatic carbocycles. The molecule has 1 aliphatic heterocycles. The van der Waals surface area contributed by atoms with E-state index in [0.717, 1.165) is 28.2 Å². The van der Waals surface area contributed by atoms with Crippen LogP contribution < -0.4 is 10.7 Å². The van der Waals surface area contributed by atoms with Crippen molar-refractivity contribution in [2.24, 2.45) is 5.10 Å². The van der Waals surface area contributed by atoms with Crippen LogP contribution in [0.15, 0.2) is 47.7 Å². The maximum absolute atomic E-state index is 12.5. The summed E-state index contributed by atoms with van der Waals surface area (Å²) in [7, 11) is 0. The van der Waals surface area contributed by atoms with E-state index in [1.807, 2.05) is 60.8 Å². The molecule has 7 heteroatoms. The Kier molecular flexibility index (Phi) is 4.65. The van der Waals surface area contributed by atoms with Gasteiger partial charge < -0.3 is 9.72 Å². The third kappa shape index (κ3) is 3.51. The molecule has 2 amide bonds. The topological polar surface area (TPSA) is 87.9 Å². The predicted molar refractivity (Wildman–Crippen MR) is 107 cm³/mol. The number of nitrogens with zero attached hydrogens (tertiary/aromatic N) is 3. The molecule has 0 radical (unpaired) electrons. The van der Waals surface area contributed by atoms with Crippen LogP contribution in [-0.4, -0.2) is 26.9 Å². The van der Waals surface area contributed by atoms with Crippen molar-refractivity contribution in [3.8, 4) is 11.3 Å². The van der Waals surface area contributed by atoms with Gasteiger partial charge in [-0.25, -0.2) is 10.4 Å². The Morgan fingerprint density at radius 3 is 2.57 bits per heavy atom. The highest BCUT2D eigenvalue weighted by Gasteiger charge is 2.20.